The maximum Gasteiger partial charge on any atom is 0.339 e. The molecular formula is C10H13NO2. The van der Waals surface area contributed by atoms with Crippen LogP contribution in [0.4, 0.5) is 0 Å². The van der Waals surface area contributed by atoms with Crippen molar-refractivity contribution in [3.05, 3.63) is 29.6 Å². The average Bonchev–Trinajstić information content (AvgIpc) is 2.03. The lowest BCUT2D eigenvalue weighted by molar-refractivity contribution is 0.0377. The standard InChI is InChI=1S/C10H13NO2/c1-7(2)13-10(12)9-4-8(3)5-11-6-9/h4-7H,1-3H3. The van der Waals surface area contributed by atoms with Gasteiger partial charge in [-0.15, -0.1) is 0 Å². The van der Waals surface area contributed by atoms with Gasteiger partial charge in [0.15, 0.2) is 0 Å². The van der Waals surface area contributed by atoms with Crippen LogP contribution in [0.2, 0.25) is 0 Å². The average molecular weight is 179 g/mol. The van der Waals surface area contributed by atoms with Crippen molar-refractivity contribution in [2.75, 3.05) is 0 Å². The Balaban J connectivity index is 2.77. The summed E-state index contributed by atoms with van der Waals surface area (Å²) in [7, 11) is 0. The molecule has 13 heavy (non-hydrogen) atoms. The monoisotopic (exact) mass is 179 g/mol. The Morgan fingerprint density at radius 3 is 2.69 bits per heavy atom. The van der Waals surface area contributed by atoms with Gasteiger partial charge in [-0.3, -0.25) is 4.98 Å². The third-order valence-electron chi connectivity index (χ3n) is 1.45. The van der Waals surface area contributed by atoms with Crippen molar-refractivity contribution in [2.24, 2.45) is 0 Å². The van der Waals surface area contributed by atoms with Gasteiger partial charge in [0, 0.05) is 12.4 Å². The fraction of sp³-hybridized carbons (Fsp3) is 0.400. The molecule has 0 bridgehead atoms. The van der Waals surface area contributed by atoms with Gasteiger partial charge in [0.25, 0.3) is 0 Å². The zero-order valence-electron chi connectivity index (χ0n) is 8.07. The predicted octanol–water partition coefficient (Wildman–Crippen LogP) is 1.96. The number of nitrogens with zero attached hydrogens (tertiary/aromatic N) is 1. The first-order valence-corrected chi connectivity index (χ1v) is 4.22. The maximum absolute atomic E-state index is 11.3. The number of carbonyl (C=O) groups is 1. The fourth-order valence-electron chi connectivity index (χ4n) is 0.949. The maximum atomic E-state index is 11.3. The number of aromatic nitrogens is 1. The van der Waals surface area contributed by atoms with Crippen LogP contribution < -0.4 is 0 Å². The summed E-state index contributed by atoms with van der Waals surface area (Å²) in [5.74, 6) is -0.314. The van der Waals surface area contributed by atoms with E-state index in [2.05, 4.69) is 4.98 Å². The van der Waals surface area contributed by atoms with E-state index in [0.717, 1.165) is 5.56 Å². The highest BCUT2D eigenvalue weighted by atomic mass is 16.5. The number of hydrogen-bond donors (Lipinski definition) is 0. The second-order valence-electron chi connectivity index (χ2n) is 3.21. The molecule has 0 aliphatic heterocycles. The second-order valence-corrected chi connectivity index (χ2v) is 3.21. The number of pyridine rings is 1. The summed E-state index contributed by atoms with van der Waals surface area (Å²) >= 11 is 0. The Labute approximate surface area is 77.8 Å². The zero-order valence-corrected chi connectivity index (χ0v) is 8.07. The second kappa shape index (κ2) is 4.03. The third-order valence-corrected chi connectivity index (χ3v) is 1.45. The molecule has 70 valence electrons. The van der Waals surface area contributed by atoms with Crippen LogP contribution in [-0.2, 0) is 4.74 Å². The molecule has 3 heteroatoms. The fourth-order valence-corrected chi connectivity index (χ4v) is 0.949. The minimum Gasteiger partial charge on any atom is -0.459 e. The van der Waals surface area contributed by atoms with Gasteiger partial charge in [0.05, 0.1) is 11.7 Å². The summed E-state index contributed by atoms with van der Waals surface area (Å²) in [5, 5.41) is 0. The summed E-state index contributed by atoms with van der Waals surface area (Å²) < 4.78 is 5.01. The highest BCUT2D eigenvalue weighted by Gasteiger charge is 2.08. The van der Waals surface area contributed by atoms with E-state index in [4.69, 9.17) is 4.74 Å². The van der Waals surface area contributed by atoms with Crippen LogP contribution in [-0.4, -0.2) is 17.1 Å². The van der Waals surface area contributed by atoms with Crippen molar-refractivity contribution in [2.45, 2.75) is 26.9 Å². The Kier molecular flexibility index (Phi) is 3.01. The molecule has 0 unspecified atom stereocenters. The number of esters is 1. The van der Waals surface area contributed by atoms with E-state index in [1.807, 2.05) is 20.8 Å². The molecule has 1 heterocycles. The highest BCUT2D eigenvalue weighted by Crippen LogP contribution is 2.04. The molecule has 0 saturated heterocycles. The van der Waals surface area contributed by atoms with Crippen LogP contribution in [0.25, 0.3) is 0 Å². The van der Waals surface area contributed by atoms with E-state index in [9.17, 15) is 4.79 Å². The minimum atomic E-state index is -0.314. The zero-order chi connectivity index (χ0) is 9.84. The predicted molar refractivity (Wildman–Crippen MR) is 49.5 cm³/mol. The first kappa shape index (κ1) is 9.71. The molecule has 0 N–H and O–H groups in total. The first-order chi connectivity index (χ1) is 6.09. The molecule has 0 fully saturated rings. The van der Waals surface area contributed by atoms with Gasteiger partial charge in [-0.25, -0.2) is 4.79 Å². The van der Waals surface area contributed by atoms with Crippen molar-refractivity contribution in [3.63, 3.8) is 0 Å². The Hall–Kier alpha value is -1.38. The van der Waals surface area contributed by atoms with Crippen LogP contribution in [0, 0.1) is 6.92 Å². The van der Waals surface area contributed by atoms with Gasteiger partial charge in [-0.05, 0) is 32.4 Å². The van der Waals surface area contributed by atoms with E-state index in [-0.39, 0.29) is 12.1 Å². The molecule has 0 aliphatic rings. The molecule has 0 aliphatic carbocycles. The molecule has 0 amide bonds. The summed E-state index contributed by atoms with van der Waals surface area (Å²) in [5.41, 5.74) is 1.46. The molecule has 1 rings (SSSR count). The van der Waals surface area contributed by atoms with E-state index in [1.165, 1.54) is 6.20 Å². The Morgan fingerprint density at radius 1 is 1.46 bits per heavy atom. The molecule has 0 spiro atoms. The number of carbonyl (C=O) groups excluding carboxylic acids is 1. The Morgan fingerprint density at radius 2 is 2.15 bits per heavy atom. The molecule has 0 atom stereocenters. The van der Waals surface area contributed by atoms with Crippen LogP contribution in [0.15, 0.2) is 18.5 Å². The largest absolute Gasteiger partial charge is 0.459 e. The topological polar surface area (TPSA) is 39.2 Å². The molecule has 1 aromatic rings. The molecule has 0 radical (unpaired) electrons. The van der Waals surface area contributed by atoms with Crippen molar-refractivity contribution in [1.29, 1.82) is 0 Å². The molecule has 3 nitrogen and oxygen atoms in total. The number of rotatable bonds is 2. The molecule has 0 aromatic carbocycles. The van der Waals surface area contributed by atoms with Crippen LogP contribution in [0.5, 0.6) is 0 Å². The lowest BCUT2D eigenvalue weighted by Crippen LogP contribution is -2.11. The molecular weight excluding hydrogens is 166 g/mol. The number of ether oxygens (including phenoxy) is 1. The SMILES string of the molecule is Cc1cncc(C(=O)OC(C)C)c1. The normalized spacial score (nSPS) is 10.2. The smallest absolute Gasteiger partial charge is 0.339 e. The van der Waals surface area contributed by atoms with Crippen LogP contribution in [0.3, 0.4) is 0 Å². The lowest BCUT2D eigenvalue weighted by Gasteiger charge is -2.07. The van der Waals surface area contributed by atoms with Crippen LogP contribution in [0.1, 0.15) is 29.8 Å². The van der Waals surface area contributed by atoms with Crippen LogP contribution >= 0.6 is 0 Å². The number of aryl methyl sites for hydroxylation is 1. The molecule has 1 aromatic heterocycles. The van der Waals surface area contributed by atoms with E-state index in [1.54, 1.807) is 12.3 Å². The van der Waals surface area contributed by atoms with Gasteiger partial charge >= 0.3 is 5.97 Å². The van der Waals surface area contributed by atoms with E-state index in [0.29, 0.717) is 5.56 Å². The van der Waals surface area contributed by atoms with Gasteiger partial charge in [-0.2, -0.15) is 0 Å². The van der Waals surface area contributed by atoms with Gasteiger partial charge in [0.2, 0.25) is 0 Å². The summed E-state index contributed by atoms with van der Waals surface area (Å²) in [6, 6.07) is 1.76. The van der Waals surface area contributed by atoms with Gasteiger partial charge in [-0.1, -0.05) is 0 Å². The lowest BCUT2D eigenvalue weighted by atomic mass is 10.2. The minimum absolute atomic E-state index is 0.0898. The van der Waals surface area contributed by atoms with Crippen molar-refractivity contribution < 1.29 is 9.53 Å². The third kappa shape index (κ3) is 2.86. The van der Waals surface area contributed by atoms with E-state index >= 15 is 0 Å². The summed E-state index contributed by atoms with van der Waals surface area (Å²) in [6.07, 6.45) is 3.12. The van der Waals surface area contributed by atoms with Crippen molar-refractivity contribution in [1.82, 2.24) is 4.98 Å². The number of hydrogen-bond acceptors (Lipinski definition) is 3. The summed E-state index contributed by atoms with van der Waals surface area (Å²) in [6.45, 7) is 5.53. The quantitative estimate of drug-likeness (QED) is 0.651. The first-order valence-electron chi connectivity index (χ1n) is 4.22. The van der Waals surface area contributed by atoms with Crippen molar-refractivity contribution in [3.8, 4) is 0 Å². The van der Waals surface area contributed by atoms with Gasteiger partial charge in [0.1, 0.15) is 0 Å². The highest BCUT2D eigenvalue weighted by molar-refractivity contribution is 5.89. The summed E-state index contributed by atoms with van der Waals surface area (Å²) in [4.78, 5) is 15.3. The Bertz CT molecular complexity index is 308. The van der Waals surface area contributed by atoms with Gasteiger partial charge < -0.3 is 4.74 Å². The van der Waals surface area contributed by atoms with E-state index < -0.39 is 0 Å². The van der Waals surface area contributed by atoms with Crippen molar-refractivity contribution >= 4 is 5.97 Å². The molecule has 0 saturated carbocycles.